The standard InChI is InChI=1S/C29H31F2N5O/c1-15(2)37-25-9-8-19(10-23(25)31)24-12-26(35-27-16(3)17-4-6-18(27)7-5-17)36-29(34-24)22-14-33-28-21(22)11-20(30)13-32-28/h8-18,27H,4-7H2,1-3H3,(H,32,33)(H,34,35,36). The van der Waals surface area contributed by atoms with Crippen molar-refractivity contribution in [1.82, 2.24) is 19.9 Å². The fourth-order valence-electron chi connectivity index (χ4n) is 6.13. The third-order valence-electron chi connectivity index (χ3n) is 8.00. The minimum Gasteiger partial charge on any atom is -0.488 e. The molecule has 3 aromatic heterocycles. The highest BCUT2D eigenvalue weighted by Gasteiger charge is 2.41. The van der Waals surface area contributed by atoms with Crippen LogP contribution in [0.15, 0.2) is 42.7 Å². The van der Waals surface area contributed by atoms with Crippen LogP contribution in [0, 0.1) is 29.4 Å². The van der Waals surface area contributed by atoms with E-state index in [1.165, 1.54) is 44.0 Å². The van der Waals surface area contributed by atoms with Crippen LogP contribution < -0.4 is 10.1 Å². The first-order valence-corrected chi connectivity index (χ1v) is 13.1. The summed E-state index contributed by atoms with van der Waals surface area (Å²) in [6.07, 6.45) is 7.83. The Bertz CT molecular complexity index is 1440. The minimum atomic E-state index is -0.447. The third kappa shape index (κ3) is 4.54. The second kappa shape index (κ2) is 9.39. The number of hydrogen-bond acceptors (Lipinski definition) is 5. The van der Waals surface area contributed by atoms with E-state index >= 15 is 0 Å². The molecule has 6 nitrogen and oxygen atoms in total. The maximum absolute atomic E-state index is 14.9. The van der Waals surface area contributed by atoms with Crippen LogP contribution in [0.25, 0.3) is 33.7 Å². The first-order chi connectivity index (χ1) is 17.9. The zero-order valence-corrected chi connectivity index (χ0v) is 21.3. The molecule has 2 N–H and O–H groups in total. The molecule has 8 heteroatoms. The Balaban J connectivity index is 1.44. The number of nitrogens with zero attached hydrogens (tertiary/aromatic N) is 3. The average molecular weight is 504 g/mol. The molecule has 2 atom stereocenters. The molecule has 0 spiro atoms. The molecule has 7 rings (SSSR count). The Hall–Kier alpha value is -3.55. The second-order valence-electron chi connectivity index (χ2n) is 10.7. The number of fused-ring (bicyclic) bond motifs is 4. The molecule has 0 radical (unpaired) electrons. The van der Waals surface area contributed by atoms with E-state index in [0.717, 1.165) is 5.92 Å². The Labute approximate surface area is 214 Å². The van der Waals surface area contributed by atoms with E-state index in [2.05, 4.69) is 22.2 Å². The number of ether oxygens (including phenoxy) is 1. The van der Waals surface area contributed by atoms with Crippen molar-refractivity contribution in [3.8, 4) is 28.4 Å². The fraction of sp³-hybridized carbons (Fsp3) is 0.414. The van der Waals surface area contributed by atoms with Crippen LogP contribution in [0.2, 0.25) is 0 Å². The van der Waals surface area contributed by atoms with Crippen LogP contribution in [0.5, 0.6) is 5.75 Å². The summed E-state index contributed by atoms with van der Waals surface area (Å²) in [6, 6.07) is 8.50. The van der Waals surface area contributed by atoms with Gasteiger partial charge in [-0.2, -0.15) is 0 Å². The van der Waals surface area contributed by atoms with Gasteiger partial charge in [-0.05, 0) is 81.5 Å². The minimum absolute atomic E-state index is 0.134. The van der Waals surface area contributed by atoms with Gasteiger partial charge < -0.3 is 15.0 Å². The van der Waals surface area contributed by atoms with Crippen molar-refractivity contribution in [1.29, 1.82) is 0 Å². The number of benzene rings is 1. The van der Waals surface area contributed by atoms with Gasteiger partial charge in [-0.25, -0.2) is 23.7 Å². The summed E-state index contributed by atoms with van der Waals surface area (Å²) in [4.78, 5) is 16.9. The van der Waals surface area contributed by atoms with Crippen molar-refractivity contribution in [3.05, 3.63) is 54.4 Å². The number of hydrogen-bond donors (Lipinski definition) is 2. The maximum Gasteiger partial charge on any atom is 0.165 e. The normalized spacial score (nSPS) is 23.1. The van der Waals surface area contributed by atoms with Crippen molar-refractivity contribution in [2.24, 2.45) is 17.8 Å². The lowest BCUT2D eigenvalue weighted by atomic mass is 9.62. The highest BCUT2D eigenvalue weighted by molar-refractivity contribution is 5.92. The molecule has 37 heavy (non-hydrogen) atoms. The maximum atomic E-state index is 14.9. The number of rotatable bonds is 6. The summed E-state index contributed by atoms with van der Waals surface area (Å²) in [5, 5.41) is 4.31. The highest BCUT2D eigenvalue weighted by Crippen LogP contribution is 2.46. The monoisotopic (exact) mass is 503 g/mol. The molecule has 3 aliphatic rings. The van der Waals surface area contributed by atoms with E-state index in [0.29, 0.717) is 57.4 Å². The van der Waals surface area contributed by atoms with E-state index in [1.54, 1.807) is 18.3 Å². The van der Waals surface area contributed by atoms with Crippen LogP contribution in [-0.4, -0.2) is 32.1 Å². The quantitative estimate of drug-likeness (QED) is 0.297. The highest BCUT2D eigenvalue weighted by atomic mass is 19.1. The van der Waals surface area contributed by atoms with Gasteiger partial charge in [0.15, 0.2) is 17.4 Å². The summed E-state index contributed by atoms with van der Waals surface area (Å²) < 4.78 is 34.5. The van der Waals surface area contributed by atoms with Gasteiger partial charge in [0.25, 0.3) is 0 Å². The molecule has 2 unspecified atom stereocenters. The van der Waals surface area contributed by atoms with Crippen LogP contribution >= 0.6 is 0 Å². The van der Waals surface area contributed by atoms with Crippen molar-refractivity contribution in [2.75, 3.05) is 5.32 Å². The van der Waals surface area contributed by atoms with Gasteiger partial charge in [0.05, 0.1) is 18.0 Å². The zero-order valence-electron chi connectivity index (χ0n) is 21.3. The summed E-state index contributed by atoms with van der Waals surface area (Å²) in [7, 11) is 0. The summed E-state index contributed by atoms with van der Waals surface area (Å²) in [5.41, 5.74) is 2.39. The number of aromatic nitrogens is 4. The fourth-order valence-corrected chi connectivity index (χ4v) is 6.13. The number of nitrogens with one attached hydrogen (secondary N) is 2. The lowest BCUT2D eigenvalue weighted by Crippen LogP contribution is -2.47. The predicted octanol–water partition coefficient (Wildman–Crippen LogP) is 6.99. The van der Waals surface area contributed by atoms with Gasteiger partial charge in [-0.3, -0.25) is 0 Å². The van der Waals surface area contributed by atoms with Crippen molar-refractivity contribution >= 4 is 16.9 Å². The number of halogens is 2. The number of anilines is 1. The molecule has 0 saturated heterocycles. The molecule has 3 saturated carbocycles. The Morgan fingerprint density at radius 2 is 1.81 bits per heavy atom. The number of pyridine rings is 1. The lowest BCUT2D eigenvalue weighted by Gasteiger charge is -2.47. The smallest absolute Gasteiger partial charge is 0.165 e. The van der Waals surface area contributed by atoms with E-state index in [1.807, 2.05) is 19.9 Å². The van der Waals surface area contributed by atoms with Crippen LogP contribution in [0.3, 0.4) is 0 Å². The van der Waals surface area contributed by atoms with E-state index in [-0.39, 0.29) is 11.9 Å². The first-order valence-electron chi connectivity index (χ1n) is 13.1. The molecular weight excluding hydrogens is 472 g/mol. The molecule has 3 heterocycles. The Morgan fingerprint density at radius 1 is 1.03 bits per heavy atom. The van der Waals surface area contributed by atoms with E-state index in [9.17, 15) is 8.78 Å². The van der Waals surface area contributed by atoms with Gasteiger partial charge in [-0.1, -0.05) is 6.92 Å². The van der Waals surface area contributed by atoms with Crippen molar-refractivity contribution in [2.45, 2.75) is 58.6 Å². The molecule has 1 aromatic carbocycles. The van der Waals surface area contributed by atoms with Crippen LogP contribution in [0.4, 0.5) is 14.6 Å². The topological polar surface area (TPSA) is 75.7 Å². The van der Waals surface area contributed by atoms with Crippen LogP contribution in [-0.2, 0) is 0 Å². The third-order valence-corrected chi connectivity index (χ3v) is 8.00. The number of aromatic amines is 1. The molecule has 3 aliphatic carbocycles. The molecule has 3 fully saturated rings. The average Bonchev–Trinajstić information content (AvgIpc) is 3.30. The number of H-pyrrole nitrogens is 1. The van der Waals surface area contributed by atoms with Gasteiger partial charge >= 0.3 is 0 Å². The zero-order chi connectivity index (χ0) is 25.7. The predicted molar refractivity (Wildman–Crippen MR) is 140 cm³/mol. The van der Waals surface area contributed by atoms with E-state index < -0.39 is 11.6 Å². The Kier molecular flexibility index (Phi) is 6.05. The van der Waals surface area contributed by atoms with Gasteiger partial charge in [0.1, 0.15) is 17.3 Å². The molecular formula is C29H31F2N5O. The van der Waals surface area contributed by atoms with Crippen molar-refractivity contribution < 1.29 is 13.5 Å². The van der Waals surface area contributed by atoms with Gasteiger partial charge in [0.2, 0.25) is 0 Å². The second-order valence-corrected chi connectivity index (χ2v) is 10.7. The summed E-state index contributed by atoms with van der Waals surface area (Å²) in [5.74, 6) is 2.32. The summed E-state index contributed by atoms with van der Waals surface area (Å²) in [6.45, 7) is 6.05. The SMILES string of the molecule is CC(C)Oc1ccc(-c2cc(NC3C4CCC(CC4)C3C)nc(-c3c[nH]c4ncc(F)cc34)n2)cc1F. The molecule has 4 aromatic rings. The largest absolute Gasteiger partial charge is 0.488 e. The van der Waals surface area contributed by atoms with E-state index in [4.69, 9.17) is 14.7 Å². The Morgan fingerprint density at radius 3 is 2.54 bits per heavy atom. The molecule has 2 bridgehead atoms. The molecule has 0 amide bonds. The summed E-state index contributed by atoms with van der Waals surface area (Å²) >= 11 is 0. The lowest BCUT2D eigenvalue weighted by molar-refractivity contribution is 0.0928. The van der Waals surface area contributed by atoms with Gasteiger partial charge in [0, 0.05) is 34.8 Å². The first kappa shape index (κ1) is 23.8. The van der Waals surface area contributed by atoms with Crippen LogP contribution in [0.1, 0.15) is 46.5 Å². The van der Waals surface area contributed by atoms with Gasteiger partial charge in [-0.15, -0.1) is 0 Å². The molecule has 0 aliphatic heterocycles. The molecule has 192 valence electrons. The van der Waals surface area contributed by atoms with Crippen molar-refractivity contribution in [3.63, 3.8) is 0 Å².